The van der Waals surface area contributed by atoms with Crippen LogP contribution in [0, 0.1) is 5.82 Å². The minimum Gasteiger partial charge on any atom is -0.494 e. The summed E-state index contributed by atoms with van der Waals surface area (Å²) in [7, 11) is 1.35. The summed E-state index contributed by atoms with van der Waals surface area (Å²) < 4.78 is 68.4. The third-order valence-corrected chi connectivity index (χ3v) is 7.66. The number of rotatable bonds is 7. The summed E-state index contributed by atoms with van der Waals surface area (Å²) in [5, 5.41) is 23.7. The lowest BCUT2D eigenvalue weighted by molar-refractivity contribution is -0.265. The van der Waals surface area contributed by atoms with Crippen molar-refractivity contribution in [3.63, 3.8) is 0 Å². The predicted octanol–water partition coefficient (Wildman–Crippen LogP) is 4.11. The Morgan fingerprint density at radius 3 is 2.57 bits per heavy atom. The van der Waals surface area contributed by atoms with E-state index in [1.54, 1.807) is 12.1 Å². The fraction of sp³-hybridized carbons (Fsp3) is 0.241. The minimum absolute atomic E-state index is 0.0154. The highest BCUT2D eigenvalue weighted by Crippen LogP contribution is 2.61. The van der Waals surface area contributed by atoms with E-state index in [0.29, 0.717) is 10.9 Å². The van der Waals surface area contributed by atoms with Crippen molar-refractivity contribution in [1.82, 2.24) is 15.3 Å². The van der Waals surface area contributed by atoms with Crippen molar-refractivity contribution in [3.05, 3.63) is 83.4 Å². The molecule has 9 nitrogen and oxygen atoms in total. The van der Waals surface area contributed by atoms with Crippen molar-refractivity contribution >= 4 is 22.8 Å². The SMILES string of the molecule is COc1cc(C(=O)NCC(O)(c2cc3c(c(-c4ccc(F)cc4)n2)OC2C[C@@]32C(=O)O)C(F)(F)F)cc2cccnc12. The maximum atomic E-state index is 14.6. The Morgan fingerprint density at radius 2 is 1.90 bits per heavy atom. The van der Waals surface area contributed by atoms with E-state index in [0.717, 1.165) is 18.2 Å². The quantitative estimate of drug-likeness (QED) is 0.277. The highest BCUT2D eigenvalue weighted by molar-refractivity contribution is 6.00. The molecule has 3 N–H and O–H groups in total. The van der Waals surface area contributed by atoms with Crippen molar-refractivity contribution in [1.29, 1.82) is 0 Å². The molecule has 2 aromatic heterocycles. The van der Waals surface area contributed by atoms with E-state index in [9.17, 15) is 37.4 Å². The van der Waals surface area contributed by atoms with Gasteiger partial charge in [-0.25, -0.2) is 9.37 Å². The number of carbonyl (C=O) groups excluding carboxylic acids is 1. The number of alkyl halides is 3. The molecule has 1 saturated carbocycles. The molecule has 3 atom stereocenters. The number of pyridine rings is 2. The van der Waals surface area contributed by atoms with Crippen LogP contribution in [0.4, 0.5) is 17.6 Å². The third kappa shape index (κ3) is 4.11. The van der Waals surface area contributed by atoms with Gasteiger partial charge in [0.15, 0.2) is 5.75 Å². The number of carboxylic acid groups (broad SMARTS) is 1. The van der Waals surface area contributed by atoms with Crippen LogP contribution in [0.3, 0.4) is 0 Å². The Morgan fingerprint density at radius 1 is 1.17 bits per heavy atom. The fourth-order valence-electron chi connectivity index (χ4n) is 5.23. The van der Waals surface area contributed by atoms with Crippen molar-refractivity contribution in [2.75, 3.05) is 13.7 Å². The molecule has 1 aliphatic carbocycles. The Kier molecular flexibility index (Phi) is 6.12. The highest BCUT2D eigenvalue weighted by Gasteiger charge is 2.70. The van der Waals surface area contributed by atoms with E-state index >= 15 is 0 Å². The molecular formula is C29H21F4N3O6. The largest absolute Gasteiger partial charge is 0.494 e. The lowest BCUT2D eigenvalue weighted by Crippen LogP contribution is -2.51. The first-order chi connectivity index (χ1) is 19.9. The van der Waals surface area contributed by atoms with E-state index in [1.807, 2.05) is 0 Å². The van der Waals surface area contributed by atoms with Gasteiger partial charge in [-0.2, -0.15) is 13.2 Å². The first-order valence-electron chi connectivity index (χ1n) is 12.6. The Balaban J connectivity index is 1.42. The fourth-order valence-corrected chi connectivity index (χ4v) is 5.23. The van der Waals surface area contributed by atoms with Crippen molar-refractivity contribution in [2.24, 2.45) is 0 Å². The summed E-state index contributed by atoms with van der Waals surface area (Å²) in [5.74, 6) is -2.72. The second kappa shape index (κ2) is 9.38. The van der Waals surface area contributed by atoms with Crippen LogP contribution >= 0.6 is 0 Å². The van der Waals surface area contributed by atoms with Crippen LogP contribution in [0.5, 0.6) is 11.5 Å². The molecule has 6 rings (SSSR count). The van der Waals surface area contributed by atoms with Crippen LogP contribution in [-0.4, -0.2) is 58.0 Å². The number of benzene rings is 2. The number of hydrogen-bond donors (Lipinski definition) is 3. The lowest BCUT2D eigenvalue weighted by atomic mass is 9.89. The summed E-state index contributed by atoms with van der Waals surface area (Å²) in [5.41, 5.74) is -6.08. The number of nitrogens with one attached hydrogen (secondary N) is 1. The number of aromatic nitrogens is 2. The minimum atomic E-state index is -5.37. The van der Waals surface area contributed by atoms with E-state index in [1.165, 1.54) is 37.6 Å². The molecule has 2 unspecified atom stereocenters. The number of halogens is 4. The Labute approximate surface area is 234 Å². The Bertz CT molecular complexity index is 1760. The Hall–Kier alpha value is -4.78. The number of carbonyl (C=O) groups is 2. The summed E-state index contributed by atoms with van der Waals surface area (Å²) in [6, 6.07) is 11.4. The van der Waals surface area contributed by atoms with Crippen LogP contribution in [0.2, 0.25) is 0 Å². The zero-order valence-corrected chi connectivity index (χ0v) is 21.7. The summed E-state index contributed by atoms with van der Waals surface area (Å²) in [6.07, 6.45) is -4.68. The maximum absolute atomic E-state index is 14.6. The number of carboxylic acids is 1. The average Bonchev–Trinajstić information content (AvgIpc) is 3.61. The van der Waals surface area contributed by atoms with Crippen LogP contribution in [0.25, 0.3) is 22.2 Å². The second-order valence-corrected chi connectivity index (χ2v) is 10.1. The molecule has 13 heteroatoms. The van der Waals surface area contributed by atoms with Gasteiger partial charge in [0, 0.05) is 34.7 Å². The van der Waals surface area contributed by atoms with Crippen molar-refractivity contribution in [3.8, 4) is 22.8 Å². The number of ether oxygens (including phenoxy) is 2. The number of nitrogens with zero attached hydrogens (tertiary/aromatic N) is 2. The van der Waals surface area contributed by atoms with Gasteiger partial charge in [0.1, 0.15) is 34.3 Å². The predicted molar refractivity (Wildman–Crippen MR) is 139 cm³/mol. The molecule has 3 heterocycles. The molecule has 4 aromatic rings. The molecular weight excluding hydrogens is 562 g/mol. The summed E-state index contributed by atoms with van der Waals surface area (Å²) in [6.45, 7) is -1.36. The molecule has 1 fully saturated rings. The molecule has 2 aromatic carbocycles. The van der Waals surface area contributed by atoms with Crippen LogP contribution in [0.1, 0.15) is 28.0 Å². The molecule has 1 amide bonds. The topological polar surface area (TPSA) is 131 Å². The molecule has 0 saturated heterocycles. The van der Waals surface area contributed by atoms with E-state index < -0.39 is 53.2 Å². The molecule has 216 valence electrons. The lowest BCUT2D eigenvalue weighted by Gasteiger charge is -2.31. The van der Waals surface area contributed by atoms with Gasteiger partial charge in [0.2, 0.25) is 5.60 Å². The number of methoxy groups -OCH3 is 1. The van der Waals surface area contributed by atoms with Crippen LogP contribution in [-0.2, 0) is 15.8 Å². The maximum Gasteiger partial charge on any atom is 0.424 e. The average molecular weight is 583 g/mol. The monoisotopic (exact) mass is 583 g/mol. The number of fused-ring (bicyclic) bond motifs is 4. The van der Waals surface area contributed by atoms with Gasteiger partial charge in [-0.3, -0.25) is 14.6 Å². The number of aliphatic hydroxyl groups is 1. The molecule has 42 heavy (non-hydrogen) atoms. The van der Waals surface area contributed by atoms with Crippen LogP contribution < -0.4 is 14.8 Å². The van der Waals surface area contributed by atoms with Gasteiger partial charge >= 0.3 is 12.1 Å². The van der Waals surface area contributed by atoms with E-state index in [2.05, 4.69) is 15.3 Å². The molecule has 0 bridgehead atoms. The smallest absolute Gasteiger partial charge is 0.424 e. The number of hydrogen-bond acceptors (Lipinski definition) is 7. The van der Waals surface area contributed by atoms with Crippen molar-refractivity contribution in [2.45, 2.75) is 29.7 Å². The van der Waals surface area contributed by atoms with Gasteiger partial charge in [-0.15, -0.1) is 0 Å². The van der Waals surface area contributed by atoms with Gasteiger partial charge in [0.25, 0.3) is 5.91 Å². The van der Waals surface area contributed by atoms with Gasteiger partial charge in [0.05, 0.1) is 19.3 Å². The zero-order valence-electron chi connectivity index (χ0n) is 21.7. The third-order valence-electron chi connectivity index (χ3n) is 7.66. The first-order valence-corrected chi connectivity index (χ1v) is 12.6. The molecule has 0 spiro atoms. The van der Waals surface area contributed by atoms with E-state index in [-0.39, 0.29) is 40.3 Å². The number of amides is 1. The second-order valence-electron chi connectivity index (χ2n) is 10.1. The first kappa shape index (κ1) is 27.4. The van der Waals surface area contributed by atoms with Gasteiger partial charge in [-0.05, 0) is 48.5 Å². The van der Waals surface area contributed by atoms with E-state index in [4.69, 9.17) is 9.47 Å². The van der Waals surface area contributed by atoms with Gasteiger partial charge in [-0.1, -0.05) is 6.07 Å². The molecule has 2 aliphatic rings. The van der Waals surface area contributed by atoms with Gasteiger partial charge < -0.3 is 25.0 Å². The highest BCUT2D eigenvalue weighted by atomic mass is 19.4. The zero-order chi connectivity index (χ0) is 30.0. The standard InChI is InChI=1S/C29H21F4N3O6/c1-41-19-10-16(9-15-3-2-8-34-22(15)19)25(37)35-13-28(40,29(31,32)33)20-11-18-24(42-21-12-27(18,21)26(38)39)23(36-20)14-4-6-17(30)7-5-14/h2-11,21,40H,12-13H2,1H3,(H,35,37)(H,38,39)/t21?,27-,28?/m1/s1. The molecule has 0 radical (unpaired) electrons. The summed E-state index contributed by atoms with van der Waals surface area (Å²) in [4.78, 5) is 33.5. The normalized spacial score (nSPS) is 20.2. The number of aliphatic carboxylic acids is 1. The van der Waals surface area contributed by atoms with Crippen LogP contribution in [0.15, 0.2) is 60.8 Å². The van der Waals surface area contributed by atoms with Crippen molar-refractivity contribution < 1.29 is 46.8 Å². The summed E-state index contributed by atoms with van der Waals surface area (Å²) >= 11 is 0. The molecule has 1 aliphatic heterocycles.